The zero-order valence-electron chi connectivity index (χ0n) is 3.97. The normalized spacial score (nSPS) is 8.12. The standard InChI is InChI=1S/C3H2BrNOS.Cd/c4-2-1-7-3(6)5-2;/h1H,(H,5,6);. The molecule has 0 spiro atoms. The Morgan fingerprint density at radius 1 is 1.75 bits per heavy atom. The molecular formula is C3H2BrCdNOS. The first kappa shape index (κ1) is 8.83. The fourth-order valence-electron chi connectivity index (χ4n) is 0.245. The molecule has 0 aromatic carbocycles. The van der Waals surface area contributed by atoms with Gasteiger partial charge in [-0.15, -0.1) is 0 Å². The van der Waals surface area contributed by atoms with Gasteiger partial charge in [0.1, 0.15) is 4.60 Å². The van der Waals surface area contributed by atoms with Gasteiger partial charge >= 0.3 is 0 Å². The van der Waals surface area contributed by atoms with Crippen molar-refractivity contribution in [3.63, 3.8) is 0 Å². The molecule has 8 heavy (non-hydrogen) atoms. The molecular weight excluding hydrogens is 290 g/mol. The quantitative estimate of drug-likeness (QED) is 0.737. The summed E-state index contributed by atoms with van der Waals surface area (Å²) < 4.78 is 0.690. The molecule has 2 nitrogen and oxygen atoms in total. The van der Waals surface area contributed by atoms with E-state index in [2.05, 4.69) is 20.9 Å². The molecule has 0 saturated heterocycles. The molecule has 0 amide bonds. The minimum absolute atomic E-state index is 0. The van der Waals surface area contributed by atoms with E-state index in [0.717, 1.165) is 0 Å². The summed E-state index contributed by atoms with van der Waals surface area (Å²) in [6.45, 7) is 0. The van der Waals surface area contributed by atoms with Gasteiger partial charge in [-0.2, -0.15) is 4.98 Å². The fourth-order valence-corrected chi connectivity index (χ4v) is 1.22. The number of rotatable bonds is 0. The summed E-state index contributed by atoms with van der Waals surface area (Å²) in [5.74, 6) is 0. The Morgan fingerprint density at radius 2 is 2.38 bits per heavy atom. The summed E-state index contributed by atoms with van der Waals surface area (Å²) >= 11 is 4.27. The van der Waals surface area contributed by atoms with Crippen LogP contribution in [-0.2, 0) is 27.3 Å². The van der Waals surface area contributed by atoms with E-state index in [0.29, 0.717) is 4.60 Å². The van der Waals surface area contributed by atoms with E-state index in [-0.39, 0.29) is 32.5 Å². The third-order valence-electron chi connectivity index (χ3n) is 0.464. The molecule has 0 aliphatic carbocycles. The summed E-state index contributed by atoms with van der Waals surface area (Å²) in [5.41, 5.74) is 0. The van der Waals surface area contributed by atoms with E-state index in [1.807, 2.05) is 0 Å². The molecule has 0 aliphatic heterocycles. The molecule has 0 bridgehead atoms. The van der Waals surface area contributed by atoms with E-state index >= 15 is 0 Å². The van der Waals surface area contributed by atoms with Gasteiger partial charge in [0.15, 0.2) is 0 Å². The van der Waals surface area contributed by atoms with Crippen molar-refractivity contribution >= 4 is 27.3 Å². The van der Waals surface area contributed by atoms with Gasteiger partial charge in [-0.3, -0.25) is 0 Å². The van der Waals surface area contributed by atoms with Crippen molar-refractivity contribution in [1.82, 2.24) is 4.98 Å². The van der Waals surface area contributed by atoms with Crippen LogP contribution in [0.5, 0.6) is 5.19 Å². The molecule has 1 aromatic heterocycles. The molecule has 0 aliphatic rings. The van der Waals surface area contributed by atoms with Crippen LogP contribution in [0.25, 0.3) is 0 Å². The summed E-state index contributed by atoms with van der Waals surface area (Å²) in [4.78, 5) is 3.60. The van der Waals surface area contributed by atoms with Gasteiger partial charge in [0, 0.05) is 32.7 Å². The minimum atomic E-state index is 0. The van der Waals surface area contributed by atoms with Crippen LogP contribution in [0.3, 0.4) is 0 Å². The van der Waals surface area contributed by atoms with Crippen LogP contribution in [0.15, 0.2) is 9.98 Å². The second-order valence-corrected chi connectivity index (χ2v) is 2.60. The van der Waals surface area contributed by atoms with E-state index < -0.39 is 0 Å². The molecule has 0 fully saturated rings. The first-order valence-electron chi connectivity index (χ1n) is 1.59. The number of aromatic hydroxyl groups is 1. The Morgan fingerprint density at radius 3 is 2.50 bits per heavy atom. The summed E-state index contributed by atoms with van der Waals surface area (Å²) in [7, 11) is 0. The second kappa shape index (κ2) is 3.78. The zero-order chi connectivity index (χ0) is 5.28. The van der Waals surface area contributed by atoms with Crippen molar-refractivity contribution in [1.29, 1.82) is 0 Å². The van der Waals surface area contributed by atoms with Crippen LogP contribution in [0.1, 0.15) is 0 Å². The van der Waals surface area contributed by atoms with E-state index in [4.69, 9.17) is 5.11 Å². The predicted octanol–water partition coefficient (Wildman–Crippen LogP) is 1.61. The average molecular weight is 292 g/mol. The van der Waals surface area contributed by atoms with Crippen molar-refractivity contribution in [2.75, 3.05) is 0 Å². The van der Waals surface area contributed by atoms with Gasteiger partial charge in [0.2, 0.25) is 0 Å². The summed E-state index contributed by atoms with van der Waals surface area (Å²) in [5, 5.41) is 10.4. The van der Waals surface area contributed by atoms with Crippen LogP contribution in [0.2, 0.25) is 0 Å². The molecule has 0 unspecified atom stereocenters. The maximum absolute atomic E-state index is 8.53. The van der Waals surface area contributed by atoms with Crippen LogP contribution >= 0.6 is 27.3 Å². The Labute approximate surface area is 79.2 Å². The molecule has 0 radical (unpaired) electrons. The third-order valence-corrected chi connectivity index (χ3v) is 1.82. The molecule has 0 atom stereocenters. The Hall–Kier alpha value is 0.832. The van der Waals surface area contributed by atoms with Gasteiger partial charge in [0.25, 0.3) is 5.19 Å². The number of hydrogen-bond donors (Lipinski definition) is 1. The SMILES string of the molecule is Oc1nc(Br)cs1.[Cd]. The Kier molecular flexibility index (Phi) is 4.18. The van der Waals surface area contributed by atoms with Gasteiger partial charge in [-0.05, 0) is 15.9 Å². The van der Waals surface area contributed by atoms with Crippen molar-refractivity contribution < 1.29 is 32.4 Å². The monoisotopic (exact) mass is 293 g/mol. The Bertz CT molecular complexity index is 152. The van der Waals surface area contributed by atoms with Gasteiger partial charge in [-0.25, -0.2) is 0 Å². The van der Waals surface area contributed by atoms with Crippen LogP contribution in [0.4, 0.5) is 0 Å². The number of aromatic nitrogens is 1. The van der Waals surface area contributed by atoms with Crippen LogP contribution in [0, 0.1) is 0 Å². The third kappa shape index (κ3) is 2.40. The largest absolute Gasteiger partial charge is 0.486 e. The van der Waals surface area contributed by atoms with Crippen LogP contribution in [-0.4, -0.2) is 10.1 Å². The molecule has 1 rings (SSSR count). The van der Waals surface area contributed by atoms with Gasteiger partial charge < -0.3 is 5.11 Å². The summed E-state index contributed by atoms with van der Waals surface area (Å²) in [6.07, 6.45) is 0. The zero-order valence-corrected chi connectivity index (χ0v) is 10.4. The van der Waals surface area contributed by atoms with Crippen molar-refractivity contribution in [3.8, 4) is 5.19 Å². The number of thiazole rings is 1. The van der Waals surface area contributed by atoms with Gasteiger partial charge in [0.05, 0.1) is 0 Å². The smallest absolute Gasteiger partial charge is 0.271 e. The van der Waals surface area contributed by atoms with Gasteiger partial charge in [-0.1, -0.05) is 11.3 Å². The molecule has 1 N–H and O–H groups in total. The number of hydrogen-bond acceptors (Lipinski definition) is 3. The van der Waals surface area contributed by atoms with E-state index in [1.165, 1.54) is 11.3 Å². The topological polar surface area (TPSA) is 33.1 Å². The molecule has 1 aromatic rings. The molecule has 5 heteroatoms. The van der Waals surface area contributed by atoms with E-state index in [1.54, 1.807) is 5.38 Å². The minimum Gasteiger partial charge on any atom is -0.486 e. The first-order chi connectivity index (χ1) is 3.29. The molecule has 40 valence electrons. The Balaban J connectivity index is 0.000000490. The van der Waals surface area contributed by atoms with Crippen molar-refractivity contribution in [3.05, 3.63) is 9.98 Å². The number of nitrogens with zero attached hydrogens (tertiary/aromatic N) is 1. The first-order valence-corrected chi connectivity index (χ1v) is 3.26. The second-order valence-electron chi connectivity index (χ2n) is 0.953. The number of halogens is 1. The van der Waals surface area contributed by atoms with Crippen molar-refractivity contribution in [2.45, 2.75) is 0 Å². The predicted molar refractivity (Wildman–Crippen MR) is 31.5 cm³/mol. The van der Waals surface area contributed by atoms with Crippen LogP contribution < -0.4 is 0 Å². The average Bonchev–Trinajstić information content (AvgIpc) is 1.87. The fraction of sp³-hybridized carbons (Fsp3) is 0. The van der Waals surface area contributed by atoms with E-state index in [9.17, 15) is 0 Å². The maximum Gasteiger partial charge on any atom is 0.271 e. The molecule has 1 heterocycles. The summed E-state index contributed by atoms with van der Waals surface area (Å²) in [6, 6.07) is 0. The van der Waals surface area contributed by atoms with Crippen molar-refractivity contribution in [2.24, 2.45) is 0 Å². The maximum atomic E-state index is 8.53. The molecule has 0 saturated carbocycles.